The molecule has 0 aliphatic heterocycles. The van der Waals surface area contributed by atoms with Crippen LogP contribution in [0.5, 0.6) is 0 Å². The predicted molar refractivity (Wildman–Crippen MR) is 179 cm³/mol. The molecule has 9 unspecified atom stereocenters. The van der Waals surface area contributed by atoms with E-state index in [4.69, 9.17) is 5.10 Å². The molecule has 256 valence electrons. The quantitative estimate of drug-likeness (QED) is 0.136. The number of Topliss-reactive ketones (excluding diaryl/α,β-unsaturated/α-hetero) is 1. The Morgan fingerprint density at radius 1 is 1.09 bits per heavy atom. The van der Waals surface area contributed by atoms with E-state index < -0.39 is 15.5 Å². The van der Waals surface area contributed by atoms with Crippen molar-refractivity contribution >= 4 is 34.5 Å². The lowest BCUT2D eigenvalue weighted by Gasteiger charge is -2.58. The van der Waals surface area contributed by atoms with Gasteiger partial charge in [-0.1, -0.05) is 39.3 Å². The van der Waals surface area contributed by atoms with Gasteiger partial charge in [0.2, 0.25) is 5.91 Å². The van der Waals surface area contributed by atoms with Crippen LogP contribution in [0.15, 0.2) is 34.9 Å². The number of non-ortho nitro benzene ring substituents is 1. The molecule has 5 rings (SSSR count). The summed E-state index contributed by atoms with van der Waals surface area (Å²) >= 11 is 0. The Bertz CT molecular complexity index is 1490. The Hall–Kier alpha value is -3.67. The highest BCUT2D eigenvalue weighted by molar-refractivity contribution is 5.96. The van der Waals surface area contributed by atoms with E-state index in [0.29, 0.717) is 37.6 Å². The number of rotatable bonds is 11. The third-order valence-corrected chi connectivity index (χ3v) is 12.3. The van der Waals surface area contributed by atoms with Crippen LogP contribution in [0.2, 0.25) is 0 Å². The predicted octanol–water partition coefficient (Wildman–Crippen LogP) is 6.58. The smallest absolute Gasteiger partial charge is 0.301 e. The number of carbonyl (C=O) groups excluding carboxylic acids is 2. The second-order valence-electron chi connectivity index (χ2n) is 15.1. The highest BCUT2D eigenvalue weighted by atomic mass is 16.6. The summed E-state index contributed by atoms with van der Waals surface area (Å²) in [6, 6.07) is 3.46. The largest absolute Gasteiger partial charge is 0.393 e. The second kappa shape index (κ2) is 13.4. The molecule has 1 aromatic carbocycles. The monoisotopic (exact) mass is 651 g/mol. The third kappa shape index (κ3) is 6.71. The molecule has 4 aliphatic rings. The molecule has 3 N–H and O–H groups in total. The molecule has 9 atom stereocenters. The van der Waals surface area contributed by atoms with Crippen molar-refractivity contribution in [3.05, 3.63) is 50.1 Å². The molecule has 1 aromatic rings. The van der Waals surface area contributed by atoms with Crippen molar-refractivity contribution in [2.24, 2.45) is 51.4 Å². The molecule has 47 heavy (non-hydrogen) atoms. The number of ketones is 1. The molecule has 0 radical (unpaired) electrons. The summed E-state index contributed by atoms with van der Waals surface area (Å²) in [5.74, 6) is 0.795. The van der Waals surface area contributed by atoms with Crippen LogP contribution in [0.4, 0.5) is 17.1 Å². The van der Waals surface area contributed by atoms with Gasteiger partial charge in [0.15, 0.2) is 0 Å². The summed E-state index contributed by atoms with van der Waals surface area (Å²) in [5.41, 5.74) is 4.18. The fourth-order valence-corrected chi connectivity index (χ4v) is 9.70. The van der Waals surface area contributed by atoms with Crippen LogP contribution in [0, 0.1) is 66.6 Å². The van der Waals surface area contributed by atoms with E-state index in [0.717, 1.165) is 50.3 Å². The summed E-state index contributed by atoms with van der Waals surface area (Å²) in [5, 5.41) is 41.2. The summed E-state index contributed by atoms with van der Waals surface area (Å²) in [6.45, 7) is 10.7. The number of anilines is 1. The van der Waals surface area contributed by atoms with Crippen LogP contribution in [0.3, 0.4) is 0 Å². The first-order valence-electron chi connectivity index (χ1n) is 17.1. The maximum absolute atomic E-state index is 13.9. The van der Waals surface area contributed by atoms with Gasteiger partial charge < -0.3 is 10.4 Å². The molecule has 0 bridgehead atoms. The summed E-state index contributed by atoms with van der Waals surface area (Å²) in [6.07, 6.45) is 9.17. The molecule has 12 heteroatoms. The number of benzene rings is 1. The molecule has 4 aliphatic carbocycles. The van der Waals surface area contributed by atoms with Crippen LogP contribution in [0.25, 0.3) is 0 Å². The highest BCUT2D eigenvalue weighted by Gasteiger charge is 2.61. The minimum Gasteiger partial charge on any atom is -0.393 e. The number of hydrogen-bond donors (Lipinski definition) is 3. The van der Waals surface area contributed by atoms with Gasteiger partial charge in [-0.25, -0.2) is 0 Å². The number of fused-ring (bicyclic) bond motifs is 5. The van der Waals surface area contributed by atoms with Gasteiger partial charge in [-0.15, -0.1) is 0 Å². The van der Waals surface area contributed by atoms with Gasteiger partial charge in [-0.05, 0) is 91.9 Å². The Morgan fingerprint density at radius 2 is 1.83 bits per heavy atom. The molecule has 1 amide bonds. The van der Waals surface area contributed by atoms with Crippen molar-refractivity contribution in [1.82, 2.24) is 5.32 Å². The van der Waals surface area contributed by atoms with Gasteiger partial charge >= 0.3 is 5.69 Å². The number of nitrogens with zero attached hydrogens (tertiary/aromatic N) is 3. The van der Waals surface area contributed by atoms with Crippen LogP contribution in [-0.4, -0.2) is 45.0 Å². The van der Waals surface area contributed by atoms with E-state index >= 15 is 0 Å². The van der Waals surface area contributed by atoms with Gasteiger partial charge in [-0.2, -0.15) is 5.10 Å². The average molecular weight is 652 g/mol. The molecule has 3 fully saturated rings. The number of hydrogen-bond acceptors (Lipinski definition) is 9. The molecule has 3 saturated carbocycles. The number of nitro groups is 2. The number of carbonyl (C=O) groups is 2. The number of hydrazone groups is 1. The summed E-state index contributed by atoms with van der Waals surface area (Å²) in [4.78, 5) is 47.0. The van der Waals surface area contributed by atoms with Crippen LogP contribution in [0.1, 0.15) is 92.4 Å². The Morgan fingerprint density at radius 3 is 2.51 bits per heavy atom. The van der Waals surface area contributed by atoms with Crippen molar-refractivity contribution in [2.45, 2.75) is 98.5 Å². The van der Waals surface area contributed by atoms with Gasteiger partial charge in [-0.3, -0.25) is 35.2 Å². The zero-order valence-electron chi connectivity index (χ0n) is 28.2. The molecule has 12 nitrogen and oxygen atoms in total. The van der Waals surface area contributed by atoms with Crippen molar-refractivity contribution in [3.63, 3.8) is 0 Å². The third-order valence-electron chi connectivity index (χ3n) is 12.3. The molecule has 0 aromatic heterocycles. The van der Waals surface area contributed by atoms with E-state index in [1.54, 1.807) is 0 Å². The number of aliphatic hydroxyl groups is 1. The molecular weight excluding hydrogens is 602 g/mol. The fourth-order valence-electron chi connectivity index (χ4n) is 9.70. The normalized spacial score (nSPS) is 33.4. The number of nitro benzene ring substituents is 2. The van der Waals surface area contributed by atoms with E-state index in [-0.39, 0.29) is 63.7 Å². The average Bonchev–Trinajstić information content (AvgIpc) is 3.33. The van der Waals surface area contributed by atoms with Crippen molar-refractivity contribution in [2.75, 3.05) is 12.0 Å². The highest BCUT2D eigenvalue weighted by Crippen LogP contribution is 2.66. The first-order chi connectivity index (χ1) is 22.2. The molecule has 0 saturated heterocycles. The standard InChI is InChI=1S/C35H49N5O7/c1-20(19-36-22(3)41)6-11-32(43)21(2)33-30(38-37-29-10-8-24(39(44)45)17-31(29)40(46)47)18-28-26-9-7-23-16-25(42)12-14-34(23,4)27(26)13-15-35(28,33)5/h7-8,10,17,20-21,25-28,33,37,42H,6,9,11-16,18-19H2,1-5H3,(H,36,41). The van der Waals surface area contributed by atoms with Gasteiger partial charge in [0.05, 0.1) is 22.0 Å². The minimum absolute atomic E-state index is 0.0436. The van der Waals surface area contributed by atoms with Crippen molar-refractivity contribution < 1.29 is 24.5 Å². The van der Waals surface area contributed by atoms with E-state index in [1.807, 2.05) is 13.8 Å². The number of aliphatic hydroxyl groups excluding tert-OH is 1. The maximum atomic E-state index is 13.9. The van der Waals surface area contributed by atoms with E-state index in [9.17, 15) is 34.9 Å². The first kappa shape index (κ1) is 34.7. The second-order valence-corrected chi connectivity index (χ2v) is 15.1. The Balaban J connectivity index is 1.46. The number of nitrogens with one attached hydrogen (secondary N) is 2. The zero-order valence-corrected chi connectivity index (χ0v) is 28.2. The van der Waals surface area contributed by atoms with E-state index in [1.165, 1.54) is 24.6 Å². The van der Waals surface area contributed by atoms with Gasteiger partial charge in [0, 0.05) is 43.5 Å². The Kier molecular flexibility index (Phi) is 9.92. The topological polar surface area (TPSA) is 177 Å². The zero-order chi connectivity index (χ0) is 34.3. The van der Waals surface area contributed by atoms with Gasteiger partial charge in [0.1, 0.15) is 11.5 Å². The lowest BCUT2D eigenvalue weighted by atomic mass is 9.47. The molecule has 0 spiro atoms. The number of allylic oxidation sites excluding steroid dienone is 1. The molecular formula is C35H49N5O7. The fraction of sp³-hybridized carbons (Fsp3) is 0.686. The lowest BCUT2D eigenvalue weighted by molar-refractivity contribution is -0.393. The minimum atomic E-state index is -0.667. The van der Waals surface area contributed by atoms with Gasteiger partial charge in [0.25, 0.3) is 5.69 Å². The summed E-state index contributed by atoms with van der Waals surface area (Å²) in [7, 11) is 0. The lowest BCUT2D eigenvalue weighted by Crippen LogP contribution is -2.51. The van der Waals surface area contributed by atoms with E-state index in [2.05, 4.69) is 30.7 Å². The van der Waals surface area contributed by atoms with Crippen LogP contribution < -0.4 is 10.7 Å². The maximum Gasteiger partial charge on any atom is 0.301 e. The van der Waals surface area contributed by atoms with Crippen LogP contribution >= 0.6 is 0 Å². The van der Waals surface area contributed by atoms with Crippen molar-refractivity contribution in [1.29, 1.82) is 0 Å². The molecule has 0 heterocycles. The SMILES string of the molecule is CC(=O)NCC(C)CCC(=O)C(C)C1C(=NNc2ccc([N+](=O)[O-])cc2[N+](=O)[O-])CC2C3CC=C4CC(O)CCC4(C)C3CCC21C. The van der Waals surface area contributed by atoms with Crippen LogP contribution in [-0.2, 0) is 9.59 Å². The first-order valence-corrected chi connectivity index (χ1v) is 17.1. The Labute approximate surface area is 276 Å². The number of amides is 1. The summed E-state index contributed by atoms with van der Waals surface area (Å²) < 4.78 is 0. The van der Waals surface area contributed by atoms with Crippen molar-refractivity contribution in [3.8, 4) is 0 Å².